The number of ether oxygens (including phenoxy) is 2. The fourth-order valence-electron chi connectivity index (χ4n) is 3.06. The Hall–Kier alpha value is -2.34. The molecule has 1 atom stereocenters. The van der Waals surface area contributed by atoms with Crippen LogP contribution in [0.25, 0.3) is 0 Å². The fraction of sp³-hybridized carbons (Fsp3) is 0.556. The van der Waals surface area contributed by atoms with Crippen molar-refractivity contribution in [1.29, 1.82) is 0 Å². The minimum Gasteiger partial charge on any atom is -0.445 e. The fourth-order valence-corrected chi connectivity index (χ4v) is 3.37. The Morgan fingerprint density at radius 1 is 1.17 bits per heavy atom. The van der Waals surface area contributed by atoms with Gasteiger partial charge in [0.1, 0.15) is 6.61 Å². The lowest BCUT2D eigenvalue weighted by Gasteiger charge is -2.39. The van der Waals surface area contributed by atoms with Crippen LogP contribution in [0.15, 0.2) is 30.3 Å². The third-order valence-electron chi connectivity index (χ3n) is 4.83. The van der Waals surface area contributed by atoms with E-state index in [4.69, 9.17) is 4.74 Å². The summed E-state index contributed by atoms with van der Waals surface area (Å²) in [6.45, 7) is 0.570. The average Bonchev–Trinajstić information content (AvgIpc) is 2.71. The van der Waals surface area contributed by atoms with E-state index in [0.717, 1.165) is 5.56 Å². The smallest absolute Gasteiger partial charge is 0.445 e. The van der Waals surface area contributed by atoms with Crippen molar-refractivity contribution in [2.75, 3.05) is 19.9 Å². The molecule has 12 heteroatoms. The summed E-state index contributed by atoms with van der Waals surface area (Å²) < 4.78 is 72.2. The van der Waals surface area contributed by atoms with Crippen molar-refractivity contribution in [3.8, 4) is 0 Å². The van der Waals surface area contributed by atoms with E-state index < -0.39 is 39.9 Å². The van der Waals surface area contributed by atoms with Crippen LogP contribution in [0.4, 0.5) is 18.0 Å². The van der Waals surface area contributed by atoms with Gasteiger partial charge in [0.15, 0.2) is 0 Å². The van der Waals surface area contributed by atoms with Gasteiger partial charge in [-0.25, -0.2) is 8.98 Å². The molecule has 8 nitrogen and oxygen atoms in total. The Kier molecular flexibility index (Phi) is 7.70. The number of piperidine rings is 1. The number of carbonyl (C=O) groups is 2. The number of hydrogen-bond donors (Lipinski definition) is 0. The van der Waals surface area contributed by atoms with Crippen molar-refractivity contribution in [3.05, 3.63) is 35.9 Å². The zero-order chi connectivity index (χ0) is 22.4. The van der Waals surface area contributed by atoms with E-state index in [9.17, 15) is 31.2 Å². The maximum absolute atomic E-state index is 12.5. The van der Waals surface area contributed by atoms with Crippen LogP contribution in [0.1, 0.15) is 31.7 Å². The van der Waals surface area contributed by atoms with Crippen molar-refractivity contribution in [1.82, 2.24) is 4.90 Å². The van der Waals surface area contributed by atoms with Gasteiger partial charge in [0.25, 0.3) is 0 Å². The molecular formula is C18H22F3NO7S. The van der Waals surface area contributed by atoms with Crippen LogP contribution in [0.5, 0.6) is 0 Å². The Morgan fingerprint density at radius 3 is 2.43 bits per heavy atom. The predicted octanol–water partition coefficient (Wildman–Crippen LogP) is 3.18. The molecular weight excluding hydrogens is 431 g/mol. The molecule has 2 rings (SSSR count). The Morgan fingerprint density at radius 2 is 1.83 bits per heavy atom. The second kappa shape index (κ2) is 9.65. The maximum atomic E-state index is 12.5. The van der Waals surface area contributed by atoms with Gasteiger partial charge >= 0.3 is 27.7 Å². The summed E-state index contributed by atoms with van der Waals surface area (Å²) in [5.74, 6) is -0.942. The summed E-state index contributed by atoms with van der Waals surface area (Å²) in [4.78, 5) is 26.2. The molecule has 0 aliphatic carbocycles. The number of nitrogens with zero attached hydrogens (tertiary/aromatic N) is 1. The SMILES string of the molecule is CCC1(C(=O)OCOS(=O)(=O)C(F)(F)F)CCCN(C(=O)OCc2ccccc2)C1. The van der Waals surface area contributed by atoms with Gasteiger partial charge in [-0.15, -0.1) is 0 Å². The molecule has 1 aromatic carbocycles. The molecule has 30 heavy (non-hydrogen) atoms. The van der Waals surface area contributed by atoms with Gasteiger partial charge in [0.2, 0.25) is 6.79 Å². The van der Waals surface area contributed by atoms with E-state index in [1.165, 1.54) is 4.90 Å². The van der Waals surface area contributed by atoms with E-state index in [0.29, 0.717) is 19.4 Å². The summed E-state index contributed by atoms with van der Waals surface area (Å²) in [5, 5.41) is 0. The summed E-state index contributed by atoms with van der Waals surface area (Å²) in [6.07, 6.45) is 0.336. The highest BCUT2D eigenvalue weighted by Gasteiger charge is 2.48. The summed E-state index contributed by atoms with van der Waals surface area (Å²) >= 11 is 0. The van der Waals surface area contributed by atoms with Crippen molar-refractivity contribution in [3.63, 3.8) is 0 Å². The molecule has 0 bridgehead atoms. The molecule has 0 aromatic heterocycles. The van der Waals surface area contributed by atoms with Crippen LogP contribution in [0.3, 0.4) is 0 Å². The zero-order valence-electron chi connectivity index (χ0n) is 16.2. The molecule has 1 saturated heterocycles. The van der Waals surface area contributed by atoms with Crippen molar-refractivity contribution in [2.24, 2.45) is 5.41 Å². The van der Waals surface area contributed by atoms with Crippen molar-refractivity contribution < 1.29 is 44.8 Å². The first-order valence-electron chi connectivity index (χ1n) is 9.09. The van der Waals surface area contributed by atoms with Gasteiger partial charge in [-0.2, -0.15) is 21.6 Å². The van der Waals surface area contributed by atoms with Gasteiger partial charge in [0, 0.05) is 13.1 Å². The van der Waals surface area contributed by atoms with E-state index in [-0.39, 0.29) is 19.6 Å². The highest BCUT2D eigenvalue weighted by molar-refractivity contribution is 7.87. The second-order valence-electron chi connectivity index (χ2n) is 6.77. The monoisotopic (exact) mass is 453 g/mol. The molecule has 1 aliphatic rings. The third kappa shape index (κ3) is 5.85. The van der Waals surface area contributed by atoms with Gasteiger partial charge in [0.05, 0.1) is 5.41 Å². The predicted molar refractivity (Wildman–Crippen MR) is 97.2 cm³/mol. The molecule has 0 radical (unpaired) electrons. The minimum absolute atomic E-state index is 0.0445. The number of alkyl halides is 3. The topological polar surface area (TPSA) is 99.2 Å². The number of amides is 1. The van der Waals surface area contributed by atoms with E-state index in [2.05, 4.69) is 8.92 Å². The molecule has 1 amide bonds. The molecule has 1 unspecified atom stereocenters. The molecule has 0 saturated carbocycles. The normalized spacial score (nSPS) is 19.9. The third-order valence-corrected chi connectivity index (χ3v) is 5.80. The number of carbonyl (C=O) groups excluding carboxylic acids is 2. The van der Waals surface area contributed by atoms with Crippen molar-refractivity contribution in [2.45, 2.75) is 38.3 Å². The summed E-state index contributed by atoms with van der Waals surface area (Å²) in [7, 11) is -5.87. The first kappa shape index (κ1) is 23.9. The first-order valence-corrected chi connectivity index (χ1v) is 10.5. The summed E-state index contributed by atoms with van der Waals surface area (Å²) in [6, 6.07) is 8.98. The average molecular weight is 453 g/mol. The molecule has 168 valence electrons. The number of hydrogen-bond acceptors (Lipinski definition) is 7. The van der Waals surface area contributed by atoms with Gasteiger partial charge in [-0.05, 0) is 24.8 Å². The lowest BCUT2D eigenvalue weighted by atomic mass is 9.78. The standard InChI is InChI=1S/C18H22F3NO7S/c1-2-17(15(23)28-13-29-30(25,26)18(19,20)21)9-6-10-22(12-17)16(24)27-11-14-7-4-3-5-8-14/h3-5,7-8H,2,6,9-13H2,1H3. The number of esters is 1. The highest BCUT2D eigenvalue weighted by atomic mass is 32.2. The van der Waals surface area contributed by atoms with Crippen LogP contribution in [-0.4, -0.2) is 50.8 Å². The summed E-state index contributed by atoms with van der Waals surface area (Å²) in [5.41, 5.74) is -6.03. The Labute approximate surface area is 172 Å². The lowest BCUT2D eigenvalue weighted by Crippen LogP contribution is -2.50. The van der Waals surface area contributed by atoms with Crippen LogP contribution >= 0.6 is 0 Å². The molecule has 1 aromatic rings. The molecule has 0 spiro atoms. The van der Waals surface area contributed by atoms with E-state index in [1.807, 2.05) is 6.07 Å². The van der Waals surface area contributed by atoms with Gasteiger partial charge in [-0.1, -0.05) is 37.3 Å². The molecule has 0 N–H and O–H groups in total. The molecule has 1 aliphatic heterocycles. The van der Waals surface area contributed by atoms with Gasteiger partial charge < -0.3 is 14.4 Å². The van der Waals surface area contributed by atoms with Gasteiger partial charge in [-0.3, -0.25) is 4.79 Å². The minimum atomic E-state index is -5.87. The lowest BCUT2D eigenvalue weighted by molar-refractivity contribution is -0.167. The van der Waals surface area contributed by atoms with Crippen LogP contribution < -0.4 is 0 Å². The van der Waals surface area contributed by atoms with E-state index >= 15 is 0 Å². The largest absolute Gasteiger partial charge is 0.523 e. The first-order chi connectivity index (χ1) is 14.0. The maximum Gasteiger partial charge on any atom is 0.523 e. The van der Waals surface area contributed by atoms with Crippen LogP contribution in [0, 0.1) is 5.41 Å². The van der Waals surface area contributed by atoms with Crippen molar-refractivity contribution >= 4 is 22.2 Å². The molecule has 1 fully saturated rings. The molecule has 1 heterocycles. The van der Waals surface area contributed by atoms with Crippen LogP contribution in [0.2, 0.25) is 0 Å². The van der Waals surface area contributed by atoms with E-state index in [1.54, 1.807) is 31.2 Å². The second-order valence-corrected chi connectivity index (χ2v) is 8.37. The Balaban J connectivity index is 1.94. The quantitative estimate of drug-likeness (QED) is 0.271. The zero-order valence-corrected chi connectivity index (χ0v) is 17.0. The number of rotatable bonds is 7. The highest BCUT2D eigenvalue weighted by Crippen LogP contribution is 2.35. The number of halogens is 3. The van der Waals surface area contributed by atoms with Crippen LogP contribution in [-0.2, 0) is 35.2 Å². The number of likely N-dealkylation sites (tertiary alicyclic amines) is 1. The Bertz CT molecular complexity index is 845. The number of benzene rings is 1.